The fourth-order valence-electron chi connectivity index (χ4n) is 1.76. The molecule has 0 saturated carbocycles. The molecule has 4 heteroatoms. The van der Waals surface area contributed by atoms with Crippen LogP contribution in [-0.2, 0) is 5.54 Å². The minimum Gasteiger partial charge on any atom is -0.339 e. The van der Waals surface area contributed by atoms with Gasteiger partial charge in [0.05, 0.1) is 5.54 Å². The fourth-order valence-corrected chi connectivity index (χ4v) is 1.76. The van der Waals surface area contributed by atoms with E-state index in [0.717, 1.165) is 25.7 Å². The van der Waals surface area contributed by atoms with Gasteiger partial charge in [-0.3, -0.25) is 0 Å². The Hall–Kier alpha value is -0.900. The van der Waals surface area contributed by atoms with E-state index in [1.54, 1.807) is 0 Å². The summed E-state index contributed by atoms with van der Waals surface area (Å²) in [6, 6.07) is 0. The van der Waals surface area contributed by atoms with Gasteiger partial charge in [-0.15, -0.1) is 0 Å². The number of aromatic nitrogens is 2. The van der Waals surface area contributed by atoms with E-state index in [-0.39, 0.29) is 0 Å². The molecule has 1 aromatic rings. The van der Waals surface area contributed by atoms with Crippen LogP contribution in [0.2, 0.25) is 0 Å². The van der Waals surface area contributed by atoms with Crippen molar-refractivity contribution in [2.24, 2.45) is 5.73 Å². The van der Waals surface area contributed by atoms with Crippen LogP contribution < -0.4 is 5.73 Å². The number of rotatable bonds is 6. The molecule has 92 valence electrons. The maximum absolute atomic E-state index is 6.22. The van der Waals surface area contributed by atoms with Crippen LogP contribution in [-0.4, -0.2) is 10.1 Å². The van der Waals surface area contributed by atoms with Crippen molar-refractivity contribution >= 4 is 0 Å². The van der Waals surface area contributed by atoms with Crippen molar-refractivity contribution < 1.29 is 4.52 Å². The Morgan fingerprint density at radius 1 is 1.31 bits per heavy atom. The lowest BCUT2D eigenvalue weighted by Gasteiger charge is -2.21. The lowest BCUT2D eigenvalue weighted by molar-refractivity contribution is 0.324. The van der Waals surface area contributed by atoms with E-state index in [1.165, 1.54) is 0 Å². The van der Waals surface area contributed by atoms with Gasteiger partial charge in [0, 0.05) is 5.92 Å². The van der Waals surface area contributed by atoms with Gasteiger partial charge in [0.1, 0.15) is 0 Å². The molecule has 0 bridgehead atoms. The highest BCUT2D eigenvalue weighted by Gasteiger charge is 2.29. The van der Waals surface area contributed by atoms with E-state index in [0.29, 0.717) is 17.6 Å². The molecule has 0 fully saturated rings. The van der Waals surface area contributed by atoms with Crippen LogP contribution in [0.3, 0.4) is 0 Å². The number of nitrogens with zero attached hydrogens (tertiary/aromatic N) is 2. The molecule has 4 nitrogen and oxygen atoms in total. The smallest absolute Gasteiger partial charge is 0.229 e. The van der Waals surface area contributed by atoms with Gasteiger partial charge in [0.2, 0.25) is 5.89 Å². The molecule has 1 atom stereocenters. The molecule has 16 heavy (non-hydrogen) atoms. The Bertz CT molecular complexity index is 318. The fraction of sp³-hybridized carbons (Fsp3) is 0.833. The lowest BCUT2D eigenvalue weighted by atomic mass is 9.93. The van der Waals surface area contributed by atoms with Gasteiger partial charge in [-0.2, -0.15) is 4.98 Å². The van der Waals surface area contributed by atoms with Crippen molar-refractivity contribution in [3.8, 4) is 0 Å². The molecule has 0 saturated heterocycles. The van der Waals surface area contributed by atoms with Crippen LogP contribution in [0.1, 0.15) is 71.0 Å². The second-order valence-corrected chi connectivity index (χ2v) is 4.51. The van der Waals surface area contributed by atoms with Gasteiger partial charge in [-0.05, 0) is 19.3 Å². The van der Waals surface area contributed by atoms with Gasteiger partial charge in [0.25, 0.3) is 0 Å². The SMILES string of the molecule is CCCC(C)c1nc(C(N)(CC)CC)no1. The molecule has 1 aromatic heterocycles. The molecule has 0 spiro atoms. The Balaban J connectivity index is 2.85. The third-order valence-electron chi connectivity index (χ3n) is 3.29. The first-order valence-corrected chi connectivity index (χ1v) is 6.20. The first kappa shape index (κ1) is 13.2. The summed E-state index contributed by atoms with van der Waals surface area (Å²) >= 11 is 0. The highest BCUT2D eigenvalue weighted by atomic mass is 16.5. The summed E-state index contributed by atoms with van der Waals surface area (Å²) in [5.74, 6) is 1.69. The second-order valence-electron chi connectivity index (χ2n) is 4.51. The quantitative estimate of drug-likeness (QED) is 0.808. The normalized spacial score (nSPS) is 14.1. The molecule has 0 amide bonds. The zero-order valence-electron chi connectivity index (χ0n) is 10.8. The Labute approximate surface area is 97.6 Å². The average molecular weight is 225 g/mol. The van der Waals surface area contributed by atoms with Crippen LogP contribution in [0.25, 0.3) is 0 Å². The number of hydrogen-bond donors (Lipinski definition) is 1. The van der Waals surface area contributed by atoms with E-state index in [9.17, 15) is 0 Å². The van der Waals surface area contributed by atoms with Gasteiger partial charge < -0.3 is 10.3 Å². The molecule has 0 aliphatic rings. The molecule has 0 radical (unpaired) electrons. The molecule has 1 rings (SSSR count). The van der Waals surface area contributed by atoms with Crippen LogP contribution >= 0.6 is 0 Å². The van der Waals surface area contributed by atoms with E-state index in [1.807, 2.05) is 0 Å². The summed E-state index contributed by atoms with van der Waals surface area (Å²) in [4.78, 5) is 4.44. The summed E-state index contributed by atoms with van der Waals surface area (Å²) in [6.45, 7) is 8.36. The van der Waals surface area contributed by atoms with Crippen molar-refractivity contribution in [1.82, 2.24) is 10.1 Å². The molecular formula is C12H23N3O. The van der Waals surface area contributed by atoms with Crippen LogP contribution in [0.15, 0.2) is 4.52 Å². The Morgan fingerprint density at radius 3 is 2.44 bits per heavy atom. The van der Waals surface area contributed by atoms with Crippen LogP contribution in [0.4, 0.5) is 0 Å². The minimum atomic E-state index is -0.437. The van der Waals surface area contributed by atoms with Gasteiger partial charge in [-0.25, -0.2) is 0 Å². The number of hydrogen-bond acceptors (Lipinski definition) is 4. The van der Waals surface area contributed by atoms with Gasteiger partial charge >= 0.3 is 0 Å². The first-order valence-electron chi connectivity index (χ1n) is 6.20. The van der Waals surface area contributed by atoms with E-state index < -0.39 is 5.54 Å². The predicted molar refractivity (Wildman–Crippen MR) is 64.1 cm³/mol. The summed E-state index contributed by atoms with van der Waals surface area (Å²) in [5.41, 5.74) is 5.78. The topological polar surface area (TPSA) is 64.9 Å². The van der Waals surface area contributed by atoms with Crippen molar-refractivity contribution in [1.29, 1.82) is 0 Å². The van der Waals surface area contributed by atoms with Crippen molar-refractivity contribution in [2.45, 2.75) is 64.8 Å². The molecule has 0 aliphatic heterocycles. The maximum atomic E-state index is 6.22. The zero-order chi connectivity index (χ0) is 12.2. The predicted octanol–water partition coefficient (Wildman–Crippen LogP) is 2.95. The largest absolute Gasteiger partial charge is 0.339 e. The molecule has 1 heterocycles. The van der Waals surface area contributed by atoms with E-state index in [2.05, 4.69) is 37.8 Å². The van der Waals surface area contributed by atoms with Gasteiger partial charge in [0.15, 0.2) is 5.82 Å². The molecular weight excluding hydrogens is 202 g/mol. The summed E-state index contributed by atoms with van der Waals surface area (Å²) in [6.07, 6.45) is 3.83. The van der Waals surface area contributed by atoms with Crippen molar-refractivity contribution in [3.05, 3.63) is 11.7 Å². The third-order valence-corrected chi connectivity index (χ3v) is 3.29. The van der Waals surface area contributed by atoms with Crippen molar-refractivity contribution in [3.63, 3.8) is 0 Å². The van der Waals surface area contributed by atoms with Crippen LogP contribution in [0, 0.1) is 0 Å². The Morgan fingerprint density at radius 2 is 1.94 bits per heavy atom. The monoisotopic (exact) mass is 225 g/mol. The van der Waals surface area contributed by atoms with Crippen LogP contribution in [0.5, 0.6) is 0 Å². The van der Waals surface area contributed by atoms with E-state index >= 15 is 0 Å². The van der Waals surface area contributed by atoms with Crippen molar-refractivity contribution in [2.75, 3.05) is 0 Å². The zero-order valence-corrected chi connectivity index (χ0v) is 10.8. The second kappa shape index (κ2) is 5.43. The summed E-state index contributed by atoms with van der Waals surface area (Å²) in [5, 5.41) is 4.02. The van der Waals surface area contributed by atoms with Gasteiger partial charge in [-0.1, -0.05) is 39.3 Å². The highest BCUT2D eigenvalue weighted by Crippen LogP contribution is 2.25. The minimum absolute atomic E-state index is 0.323. The third kappa shape index (κ3) is 2.61. The molecule has 1 unspecified atom stereocenters. The first-order chi connectivity index (χ1) is 7.57. The maximum Gasteiger partial charge on any atom is 0.229 e. The van der Waals surface area contributed by atoms with E-state index in [4.69, 9.17) is 10.3 Å². The standard InChI is InChI=1S/C12H23N3O/c1-5-8-9(4)10-14-11(15-16-10)12(13,6-2)7-3/h9H,5-8,13H2,1-4H3. The number of nitrogens with two attached hydrogens (primary N) is 1. The summed E-state index contributed by atoms with van der Waals surface area (Å²) < 4.78 is 5.29. The average Bonchev–Trinajstić information content (AvgIpc) is 2.78. The molecule has 2 N–H and O–H groups in total. The lowest BCUT2D eigenvalue weighted by Crippen LogP contribution is -2.36. The molecule has 0 aromatic carbocycles. The highest BCUT2D eigenvalue weighted by molar-refractivity contribution is 5.04. The summed E-state index contributed by atoms with van der Waals surface area (Å²) in [7, 11) is 0. The Kier molecular flexibility index (Phi) is 4.47. The molecule has 0 aliphatic carbocycles.